The fourth-order valence-electron chi connectivity index (χ4n) is 1.49. The van der Waals surface area contributed by atoms with Crippen molar-refractivity contribution >= 4 is 11.5 Å². The predicted octanol–water partition coefficient (Wildman–Crippen LogP) is 0.0586. The molecule has 0 radical (unpaired) electrons. The van der Waals surface area contributed by atoms with Gasteiger partial charge in [0.25, 0.3) is 0 Å². The molecule has 2 aromatic heterocycles. The summed E-state index contributed by atoms with van der Waals surface area (Å²) in [5.74, 6) is 0.734. The van der Waals surface area contributed by atoms with Gasteiger partial charge in [-0.2, -0.15) is 0 Å². The molecule has 0 unspecified atom stereocenters. The Kier molecular flexibility index (Phi) is 2.69. The fourth-order valence-corrected chi connectivity index (χ4v) is 1.49. The first kappa shape index (κ1) is 10.7. The van der Waals surface area contributed by atoms with Crippen molar-refractivity contribution in [2.24, 2.45) is 5.73 Å². The standard InChI is InChI=1S/C9H15N7/c1-9(2,5-6-10)11-7-3-4-8-12-14-15-16(8)13-7/h3-4H,5-6,10H2,1-2H3,(H,11,13). The Bertz CT molecular complexity index is 475. The maximum atomic E-state index is 5.54. The van der Waals surface area contributed by atoms with E-state index in [9.17, 15) is 0 Å². The van der Waals surface area contributed by atoms with E-state index in [1.54, 1.807) is 0 Å². The monoisotopic (exact) mass is 221 g/mol. The summed E-state index contributed by atoms with van der Waals surface area (Å²) in [5.41, 5.74) is 6.08. The summed E-state index contributed by atoms with van der Waals surface area (Å²) in [6, 6.07) is 3.66. The largest absolute Gasteiger partial charge is 0.364 e. The zero-order valence-corrected chi connectivity index (χ0v) is 9.38. The average Bonchev–Trinajstić information content (AvgIpc) is 2.63. The lowest BCUT2D eigenvalue weighted by molar-refractivity contribution is 0.522. The molecule has 0 atom stereocenters. The molecule has 2 heterocycles. The molecule has 0 saturated heterocycles. The Morgan fingerprint density at radius 1 is 1.44 bits per heavy atom. The highest BCUT2D eigenvalue weighted by molar-refractivity contribution is 5.43. The lowest BCUT2D eigenvalue weighted by Gasteiger charge is -2.25. The third-order valence-corrected chi connectivity index (χ3v) is 2.31. The molecule has 7 heteroatoms. The Labute approximate surface area is 93.0 Å². The topological polar surface area (TPSA) is 94.0 Å². The molecule has 0 fully saturated rings. The van der Waals surface area contributed by atoms with Gasteiger partial charge in [0.05, 0.1) is 0 Å². The van der Waals surface area contributed by atoms with Gasteiger partial charge in [0.2, 0.25) is 0 Å². The third-order valence-electron chi connectivity index (χ3n) is 2.31. The first-order chi connectivity index (χ1) is 7.61. The molecular formula is C9H15N7. The number of tetrazole rings is 1. The minimum Gasteiger partial charge on any atom is -0.364 e. The van der Waals surface area contributed by atoms with Crippen LogP contribution >= 0.6 is 0 Å². The van der Waals surface area contributed by atoms with Gasteiger partial charge in [-0.05, 0) is 49.4 Å². The molecule has 16 heavy (non-hydrogen) atoms. The van der Waals surface area contributed by atoms with Crippen LogP contribution in [0.4, 0.5) is 5.82 Å². The molecule has 0 saturated carbocycles. The van der Waals surface area contributed by atoms with Crippen molar-refractivity contribution in [3.63, 3.8) is 0 Å². The van der Waals surface area contributed by atoms with Crippen LogP contribution in [0.1, 0.15) is 20.3 Å². The second kappa shape index (κ2) is 4.01. The van der Waals surface area contributed by atoms with Crippen molar-refractivity contribution in [3.05, 3.63) is 12.1 Å². The van der Waals surface area contributed by atoms with E-state index >= 15 is 0 Å². The molecule has 2 aromatic rings. The number of hydrogen-bond acceptors (Lipinski definition) is 6. The quantitative estimate of drug-likeness (QED) is 0.758. The average molecular weight is 221 g/mol. The first-order valence-corrected chi connectivity index (χ1v) is 5.14. The first-order valence-electron chi connectivity index (χ1n) is 5.14. The van der Waals surface area contributed by atoms with E-state index in [0.29, 0.717) is 12.2 Å². The molecule has 7 nitrogen and oxygen atoms in total. The van der Waals surface area contributed by atoms with E-state index < -0.39 is 0 Å². The number of nitrogens with one attached hydrogen (secondary N) is 1. The van der Waals surface area contributed by atoms with Gasteiger partial charge in [-0.15, -0.1) is 14.8 Å². The number of anilines is 1. The summed E-state index contributed by atoms with van der Waals surface area (Å²) >= 11 is 0. The minimum atomic E-state index is -0.0938. The SMILES string of the molecule is CC(C)(CCN)Nc1ccc2nnnn2n1. The van der Waals surface area contributed by atoms with Crippen molar-refractivity contribution in [1.82, 2.24) is 25.3 Å². The van der Waals surface area contributed by atoms with E-state index in [0.717, 1.165) is 12.2 Å². The number of nitrogens with zero attached hydrogens (tertiary/aromatic N) is 5. The molecule has 86 valence electrons. The Morgan fingerprint density at radius 2 is 2.25 bits per heavy atom. The number of aromatic nitrogens is 5. The van der Waals surface area contributed by atoms with Gasteiger partial charge in [0, 0.05) is 5.54 Å². The van der Waals surface area contributed by atoms with Crippen molar-refractivity contribution in [1.29, 1.82) is 0 Å². The second-order valence-corrected chi connectivity index (χ2v) is 4.29. The molecular weight excluding hydrogens is 206 g/mol. The van der Waals surface area contributed by atoms with E-state index in [1.807, 2.05) is 12.1 Å². The Hall–Kier alpha value is -1.76. The highest BCUT2D eigenvalue weighted by atomic mass is 15.6. The highest BCUT2D eigenvalue weighted by Crippen LogP contribution is 2.15. The van der Waals surface area contributed by atoms with Gasteiger partial charge in [0.1, 0.15) is 5.82 Å². The molecule has 0 aliphatic carbocycles. The van der Waals surface area contributed by atoms with Crippen LogP contribution in [-0.2, 0) is 0 Å². The third kappa shape index (κ3) is 2.25. The van der Waals surface area contributed by atoms with Crippen LogP contribution < -0.4 is 11.1 Å². The van der Waals surface area contributed by atoms with E-state index in [1.165, 1.54) is 4.63 Å². The number of rotatable bonds is 4. The molecule has 0 spiro atoms. The molecule has 0 bridgehead atoms. The summed E-state index contributed by atoms with van der Waals surface area (Å²) in [6.45, 7) is 4.78. The van der Waals surface area contributed by atoms with Crippen LogP contribution in [0, 0.1) is 0 Å². The van der Waals surface area contributed by atoms with E-state index in [2.05, 4.69) is 39.8 Å². The van der Waals surface area contributed by atoms with Gasteiger partial charge in [-0.3, -0.25) is 0 Å². The lowest BCUT2D eigenvalue weighted by atomic mass is 10.0. The van der Waals surface area contributed by atoms with Crippen molar-refractivity contribution in [2.45, 2.75) is 25.8 Å². The van der Waals surface area contributed by atoms with Gasteiger partial charge in [-0.1, -0.05) is 0 Å². The molecule has 3 N–H and O–H groups in total. The smallest absolute Gasteiger partial charge is 0.200 e. The number of nitrogens with two attached hydrogens (primary N) is 1. The normalized spacial score (nSPS) is 11.9. The Morgan fingerprint density at radius 3 is 3.00 bits per heavy atom. The molecule has 0 aromatic carbocycles. The van der Waals surface area contributed by atoms with Gasteiger partial charge >= 0.3 is 0 Å². The summed E-state index contributed by atoms with van der Waals surface area (Å²) < 4.78 is 1.39. The summed E-state index contributed by atoms with van der Waals surface area (Å²) in [5, 5.41) is 18.6. The van der Waals surface area contributed by atoms with Crippen molar-refractivity contribution < 1.29 is 0 Å². The van der Waals surface area contributed by atoms with Crippen LogP contribution in [0.3, 0.4) is 0 Å². The van der Waals surface area contributed by atoms with Crippen LogP contribution in [-0.4, -0.2) is 37.3 Å². The van der Waals surface area contributed by atoms with Crippen LogP contribution in [0.25, 0.3) is 5.65 Å². The van der Waals surface area contributed by atoms with Gasteiger partial charge < -0.3 is 11.1 Å². The van der Waals surface area contributed by atoms with Crippen LogP contribution in [0.15, 0.2) is 12.1 Å². The summed E-state index contributed by atoms with van der Waals surface area (Å²) in [4.78, 5) is 0. The lowest BCUT2D eigenvalue weighted by Crippen LogP contribution is -2.34. The maximum Gasteiger partial charge on any atom is 0.200 e. The van der Waals surface area contributed by atoms with Crippen LogP contribution in [0.2, 0.25) is 0 Å². The second-order valence-electron chi connectivity index (χ2n) is 4.29. The zero-order valence-electron chi connectivity index (χ0n) is 9.38. The maximum absolute atomic E-state index is 5.54. The fraction of sp³-hybridized carbons (Fsp3) is 0.556. The van der Waals surface area contributed by atoms with Crippen molar-refractivity contribution in [3.8, 4) is 0 Å². The molecule has 0 aliphatic heterocycles. The molecule has 0 amide bonds. The molecule has 0 aliphatic rings. The van der Waals surface area contributed by atoms with E-state index in [-0.39, 0.29) is 5.54 Å². The summed E-state index contributed by atoms with van der Waals surface area (Å²) in [6.07, 6.45) is 0.863. The Balaban J connectivity index is 2.20. The van der Waals surface area contributed by atoms with Gasteiger partial charge in [0.15, 0.2) is 5.65 Å². The van der Waals surface area contributed by atoms with E-state index in [4.69, 9.17) is 5.73 Å². The van der Waals surface area contributed by atoms with Gasteiger partial charge in [-0.25, -0.2) is 0 Å². The van der Waals surface area contributed by atoms with Crippen molar-refractivity contribution in [2.75, 3.05) is 11.9 Å². The molecule has 2 rings (SSSR count). The van der Waals surface area contributed by atoms with Crippen LogP contribution in [0.5, 0.6) is 0 Å². The highest BCUT2D eigenvalue weighted by Gasteiger charge is 2.17. The number of fused-ring (bicyclic) bond motifs is 1. The predicted molar refractivity (Wildman–Crippen MR) is 60.0 cm³/mol. The zero-order chi connectivity index (χ0) is 11.6. The summed E-state index contributed by atoms with van der Waals surface area (Å²) in [7, 11) is 0. The number of hydrogen-bond donors (Lipinski definition) is 2. The minimum absolute atomic E-state index is 0.0938.